The molecule has 14 heavy (non-hydrogen) atoms. The first-order chi connectivity index (χ1) is 6.84. The van der Waals surface area contributed by atoms with Gasteiger partial charge in [0, 0.05) is 6.54 Å². The highest BCUT2D eigenvalue weighted by Gasteiger charge is 1.95. The molecule has 0 radical (unpaired) electrons. The minimum absolute atomic E-state index is 0.550. The molecule has 0 saturated carbocycles. The first kappa shape index (κ1) is 11.7. The van der Waals surface area contributed by atoms with Crippen molar-refractivity contribution in [2.75, 3.05) is 12.0 Å². The molecule has 1 N–H and O–H groups in total. The molecule has 0 spiro atoms. The van der Waals surface area contributed by atoms with Gasteiger partial charge in [-0.3, -0.25) is 0 Å². The number of H-pyrrole nitrogens is 1. The smallest absolute Gasteiger partial charge is 0.238 e. The SMILES string of the molecule is CSCCCCCCn1[nH]nnc1=S. The predicted molar refractivity (Wildman–Crippen MR) is 62.1 cm³/mol. The Morgan fingerprint density at radius 1 is 1.36 bits per heavy atom. The van der Waals surface area contributed by atoms with E-state index < -0.39 is 0 Å². The van der Waals surface area contributed by atoms with Gasteiger partial charge in [-0.05, 0) is 37.1 Å². The zero-order valence-corrected chi connectivity index (χ0v) is 10.0. The zero-order valence-electron chi connectivity index (χ0n) is 8.40. The first-order valence-corrected chi connectivity index (χ1v) is 6.61. The van der Waals surface area contributed by atoms with Crippen LogP contribution in [-0.4, -0.2) is 32.2 Å². The lowest BCUT2D eigenvalue weighted by atomic mass is 10.2. The van der Waals surface area contributed by atoms with Crippen LogP contribution in [0.2, 0.25) is 0 Å². The summed E-state index contributed by atoms with van der Waals surface area (Å²) in [6.45, 7) is 0.908. The Hall–Kier alpha value is -0.360. The number of rotatable bonds is 7. The van der Waals surface area contributed by atoms with Gasteiger partial charge in [0.25, 0.3) is 0 Å². The summed E-state index contributed by atoms with van der Waals surface area (Å²) in [4.78, 5) is 0. The molecule has 0 saturated heterocycles. The quantitative estimate of drug-likeness (QED) is 0.578. The van der Waals surface area contributed by atoms with Gasteiger partial charge in [-0.1, -0.05) is 23.2 Å². The molecule has 1 aromatic rings. The third kappa shape index (κ3) is 4.23. The standard InChI is InChI=1S/C8H16N4S2/c1-14-7-5-3-2-4-6-12-8(13)9-10-11-12/h2-7H2,1H3,(H,9,11,13). The first-order valence-electron chi connectivity index (χ1n) is 4.81. The molecule has 0 aliphatic carbocycles. The normalized spacial score (nSPS) is 10.6. The molecule has 0 bridgehead atoms. The Morgan fingerprint density at radius 3 is 2.79 bits per heavy atom. The van der Waals surface area contributed by atoms with Gasteiger partial charge < -0.3 is 0 Å². The lowest BCUT2D eigenvalue weighted by molar-refractivity contribution is 0.524. The highest BCUT2D eigenvalue weighted by Crippen LogP contribution is 2.05. The highest BCUT2D eigenvalue weighted by atomic mass is 32.2. The summed E-state index contributed by atoms with van der Waals surface area (Å²) in [7, 11) is 0. The number of nitrogens with one attached hydrogen (secondary N) is 1. The number of hydrogen-bond donors (Lipinski definition) is 1. The Kier molecular flexibility index (Phi) is 5.86. The van der Waals surface area contributed by atoms with Gasteiger partial charge in [-0.25, -0.2) is 4.68 Å². The van der Waals surface area contributed by atoms with Crippen molar-refractivity contribution in [1.29, 1.82) is 0 Å². The van der Waals surface area contributed by atoms with E-state index in [0.717, 1.165) is 13.0 Å². The van der Waals surface area contributed by atoms with Crippen molar-refractivity contribution >= 4 is 24.0 Å². The number of aryl methyl sites for hydroxylation is 1. The van der Waals surface area contributed by atoms with Crippen molar-refractivity contribution < 1.29 is 0 Å². The molecule has 0 unspecified atom stereocenters. The summed E-state index contributed by atoms with van der Waals surface area (Å²) in [5, 5.41) is 10.1. The third-order valence-electron chi connectivity index (χ3n) is 2.01. The molecule has 6 heteroatoms. The molecule has 0 aromatic carbocycles. The number of hydrogen-bond acceptors (Lipinski definition) is 4. The fourth-order valence-electron chi connectivity index (χ4n) is 1.23. The molecule has 1 heterocycles. The van der Waals surface area contributed by atoms with Crippen LogP contribution in [0.5, 0.6) is 0 Å². The Bertz CT molecular complexity index is 294. The minimum Gasteiger partial charge on any atom is -0.242 e. The number of nitrogens with zero attached hydrogens (tertiary/aromatic N) is 3. The van der Waals surface area contributed by atoms with Gasteiger partial charge in [0.1, 0.15) is 0 Å². The van der Waals surface area contributed by atoms with E-state index in [1.807, 2.05) is 16.4 Å². The second-order valence-corrected chi connectivity index (χ2v) is 4.49. The molecule has 1 rings (SSSR count). The Labute approximate surface area is 93.5 Å². The van der Waals surface area contributed by atoms with E-state index in [4.69, 9.17) is 12.2 Å². The lowest BCUT2D eigenvalue weighted by Gasteiger charge is -2.00. The summed E-state index contributed by atoms with van der Waals surface area (Å²) < 4.78 is 2.36. The maximum Gasteiger partial charge on any atom is 0.238 e. The van der Waals surface area contributed by atoms with Crippen LogP contribution < -0.4 is 0 Å². The second kappa shape index (κ2) is 7.00. The molecule has 0 amide bonds. The number of aromatic amines is 1. The van der Waals surface area contributed by atoms with Gasteiger partial charge in [-0.15, -0.1) is 0 Å². The van der Waals surface area contributed by atoms with E-state index >= 15 is 0 Å². The minimum atomic E-state index is 0.550. The van der Waals surface area contributed by atoms with Gasteiger partial charge in [0.15, 0.2) is 0 Å². The van der Waals surface area contributed by atoms with E-state index in [2.05, 4.69) is 21.8 Å². The van der Waals surface area contributed by atoms with E-state index in [1.165, 1.54) is 25.0 Å². The van der Waals surface area contributed by atoms with Crippen LogP contribution in [-0.2, 0) is 6.54 Å². The highest BCUT2D eigenvalue weighted by molar-refractivity contribution is 7.98. The van der Waals surface area contributed by atoms with Crippen LogP contribution in [0.3, 0.4) is 0 Å². The fourth-order valence-corrected chi connectivity index (χ4v) is 1.90. The van der Waals surface area contributed by atoms with Crippen molar-refractivity contribution in [1.82, 2.24) is 20.2 Å². The van der Waals surface area contributed by atoms with Gasteiger partial charge in [0.2, 0.25) is 4.77 Å². The molecule has 0 fully saturated rings. The number of aromatic nitrogens is 4. The lowest BCUT2D eigenvalue weighted by Crippen LogP contribution is -2.00. The summed E-state index contributed by atoms with van der Waals surface area (Å²) in [5.74, 6) is 1.27. The van der Waals surface area contributed by atoms with Crippen LogP contribution in [0.15, 0.2) is 0 Å². The fraction of sp³-hybridized carbons (Fsp3) is 0.875. The average molecular weight is 232 g/mol. The van der Waals surface area contributed by atoms with Crippen molar-refractivity contribution in [2.24, 2.45) is 0 Å². The molecule has 1 aromatic heterocycles. The molecule has 4 nitrogen and oxygen atoms in total. The van der Waals surface area contributed by atoms with Crippen LogP contribution in [0.4, 0.5) is 0 Å². The number of unbranched alkanes of at least 4 members (excludes halogenated alkanes) is 3. The van der Waals surface area contributed by atoms with Gasteiger partial charge >= 0.3 is 0 Å². The van der Waals surface area contributed by atoms with Crippen molar-refractivity contribution in [3.05, 3.63) is 4.77 Å². The predicted octanol–water partition coefficient (Wildman–Crippen LogP) is 2.26. The Morgan fingerprint density at radius 2 is 2.14 bits per heavy atom. The van der Waals surface area contributed by atoms with Gasteiger partial charge in [-0.2, -0.15) is 17.0 Å². The monoisotopic (exact) mass is 232 g/mol. The maximum absolute atomic E-state index is 4.96. The molecule has 80 valence electrons. The molecule has 0 atom stereocenters. The van der Waals surface area contributed by atoms with Crippen molar-refractivity contribution in [3.63, 3.8) is 0 Å². The number of tetrazole rings is 1. The van der Waals surface area contributed by atoms with E-state index in [9.17, 15) is 0 Å². The topological polar surface area (TPSA) is 46.5 Å². The zero-order chi connectivity index (χ0) is 10.2. The summed E-state index contributed by atoms with van der Waals surface area (Å²) >= 11 is 6.87. The second-order valence-electron chi connectivity index (χ2n) is 3.14. The summed E-state index contributed by atoms with van der Waals surface area (Å²) in [5.41, 5.74) is 0. The molecular weight excluding hydrogens is 216 g/mol. The summed E-state index contributed by atoms with van der Waals surface area (Å²) in [6.07, 6.45) is 7.16. The summed E-state index contributed by atoms with van der Waals surface area (Å²) in [6, 6.07) is 0. The van der Waals surface area contributed by atoms with Crippen LogP contribution in [0.25, 0.3) is 0 Å². The molecule has 0 aliphatic rings. The van der Waals surface area contributed by atoms with E-state index in [-0.39, 0.29) is 0 Å². The van der Waals surface area contributed by atoms with E-state index in [1.54, 1.807) is 0 Å². The molecular formula is C8H16N4S2. The van der Waals surface area contributed by atoms with E-state index in [0.29, 0.717) is 4.77 Å². The molecule has 0 aliphatic heterocycles. The average Bonchev–Trinajstić information content (AvgIpc) is 2.58. The van der Waals surface area contributed by atoms with Gasteiger partial charge in [0.05, 0.1) is 0 Å². The largest absolute Gasteiger partial charge is 0.242 e. The van der Waals surface area contributed by atoms with Crippen LogP contribution in [0.1, 0.15) is 25.7 Å². The third-order valence-corrected chi connectivity index (χ3v) is 3.01. The number of thioether (sulfide) groups is 1. The maximum atomic E-state index is 4.96. The van der Waals surface area contributed by atoms with Crippen molar-refractivity contribution in [3.8, 4) is 0 Å². The Balaban J connectivity index is 2.05. The van der Waals surface area contributed by atoms with Crippen LogP contribution in [0, 0.1) is 4.77 Å². The van der Waals surface area contributed by atoms with Crippen molar-refractivity contribution in [2.45, 2.75) is 32.2 Å². The van der Waals surface area contributed by atoms with Crippen LogP contribution >= 0.6 is 24.0 Å².